The Morgan fingerprint density at radius 3 is 1.41 bits per heavy atom. The highest BCUT2D eigenvalue weighted by Gasteiger charge is 2.16. The van der Waals surface area contributed by atoms with Gasteiger partial charge in [0.2, 0.25) is 17.8 Å². The molecule has 21 nitrogen and oxygen atoms in total. The standard InChI is InChI=1S/2C22H15N7S.C20H12BrN7S2/c1-2-4-16-13(3-1)5-8-19(25-16)27-22-26-18-9-10-30-20(18)21(28-22)24-15-6-7-17-14(11-15)12-23-29-17;1-2-4-17-13(3-1)9-16(12-23-17)26-22-27-19-7-8-30-20(19)21(28-22)25-15-5-6-18-14(10-15)11-24-29-18;21-11-1-3-14-16(8-11)30-20(25-14)27-19-24-15-5-6-29-17(15)18(26-19)23-12-2-4-13-10(7-12)9-22-28-13/h1-12H,(H,23,29)(H2,24,25,26,27,28);1-12H,(H,24,29)(H2,25,26,27,28);1-9H,(H,22,28)(H2,23,24,25,26,27). The molecule has 0 spiro atoms. The first-order valence-electron chi connectivity index (χ1n) is 27.8. The van der Waals surface area contributed by atoms with Crippen LogP contribution in [0.5, 0.6) is 0 Å². The highest BCUT2D eigenvalue weighted by molar-refractivity contribution is 9.10. The minimum Gasteiger partial charge on any atom is -0.339 e. The van der Waals surface area contributed by atoms with Crippen LogP contribution in [0, 0.1) is 0 Å². The highest BCUT2D eigenvalue weighted by Crippen LogP contribution is 2.36. The molecule has 0 atom stereocenters. The van der Waals surface area contributed by atoms with Gasteiger partial charge in [-0.05, 0) is 137 Å². The lowest BCUT2D eigenvalue weighted by Gasteiger charge is -2.10. The average molecular weight is 1310 g/mol. The van der Waals surface area contributed by atoms with Crippen molar-refractivity contribution in [2.24, 2.45) is 0 Å². The number of fused-ring (bicyclic) bond motifs is 9. The number of para-hydroxylation sites is 2. The van der Waals surface area contributed by atoms with E-state index in [4.69, 9.17) is 15.0 Å². The maximum absolute atomic E-state index is 4.74. The summed E-state index contributed by atoms with van der Waals surface area (Å²) in [6, 6.07) is 52.2. The molecule has 6 aromatic carbocycles. The van der Waals surface area contributed by atoms with E-state index in [9.17, 15) is 0 Å². The maximum Gasteiger partial charge on any atom is 0.231 e. The van der Waals surface area contributed by atoms with Crippen LogP contribution in [0.3, 0.4) is 0 Å². The Balaban J connectivity index is 0.000000108. The van der Waals surface area contributed by atoms with E-state index >= 15 is 0 Å². The number of hydrogen-bond donors (Lipinski definition) is 9. The summed E-state index contributed by atoms with van der Waals surface area (Å²) < 4.78 is 5.13. The second-order valence-electron chi connectivity index (χ2n) is 20.3. The first kappa shape index (κ1) is 54.2. The third-order valence-electron chi connectivity index (χ3n) is 14.3. The van der Waals surface area contributed by atoms with Gasteiger partial charge in [-0.3, -0.25) is 25.6 Å². The fourth-order valence-corrected chi connectivity index (χ4v) is 13.8. The van der Waals surface area contributed by atoms with Gasteiger partial charge >= 0.3 is 0 Å². The predicted octanol–water partition coefficient (Wildman–Crippen LogP) is 17.6. The third-order valence-corrected chi connectivity index (χ3v) is 18.4. The van der Waals surface area contributed by atoms with Gasteiger partial charge in [0.1, 0.15) is 5.82 Å². The highest BCUT2D eigenvalue weighted by atomic mass is 79.9. The molecule has 18 rings (SSSR count). The van der Waals surface area contributed by atoms with E-state index in [0.29, 0.717) is 23.7 Å². The largest absolute Gasteiger partial charge is 0.339 e. The Labute approximate surface area is 532 Å². The number of nitrogens with zero attached hydrogens (tertiary/aromatic N) is 12. The van der Waals surface area contributed by atoms with Gasteiger partial charge in [0.15, 0.2) is 22.6 Å². The smallest absolute Gasteiger partial charge is 0.231 e. The zero-order valence-electron chi connectivity index (χ0n) is 46.4. The van der Waals surface area contributed by atoms with Crippen LogP contribution in [0.2, 0.25) is 0 Å². The summed E-state index contributed by atoms with van der Waals surface area (Å²) in [5, 5.41) is 53.3. The fraction of sp³-hybridized carbons (Fsp3) is 0. The molecule has 18 aromatic rings. The lowest BCUT2D eigenvalue weighted by atomic mass is 10.2. The second-order valence-corrected chi connectivity index (χ2v) is 25.0. The van der Waals surface area contributed by atoms with Crippen molar-refractivity contribution in [2.45, 2.75) is 0 Å². The van der Waals surface area contributed by atoms with Crippen molar-refractivity contribution in [2.75, 3.05) is 31.9 Å². The zero-order chi connectivity index (χ0) is 59.9. The zero-order valence-corrected chi connectivity index (χ0v) is 51.3. The number of hydrogen-bond acceptors (Lipinski definition) is 22. The third kappa shape index (κ3) is 11.4. The normalized spacial score (nSPS) is 11.4. The van der Waals surface area contributed by atoms with Gasteiger partial charge in [0.25, 0.3) is 0 Å². The van der Waals surface area contributed by atoms with Crippen LogP contribution in [0.4, 0.5) is 69.0 Å². The molecular weight excluding hydrogens is 1270 g/mol. The van der Waals surface area contributed by atoms with Crippen LogP contribution < -0.4 is 31.9 Å². The molecule has 0 saturated carbocycles. The summed E-state index contributed by atoms with van der Waals surface area (Å²) in [7, 11) is 0. The predicted molar refractivity (Wildman–Crippen MR) is 371 cm³/mol. The summed E-state index contributed by atoms with van der Waals surface area (Å²) in [5.74, 6) is 4.49. The van der Waals surface area contributed by atoms with E-state index < -0.39 is 0 Å². The molecule has 0 bridgehead atoms. The van der Waals surface area contributed by atoms with Gasteiger partial charge < -0.3 is 26.6 Å². The van der Waals surface area contributed by atoms with Crippen LogP contribution in [-0.4, -0.2) is 75.4 Å². The van der Waals surface area contributed by atoms with Crippen molar-refractivity contribution in [3.05, 3.63) is 203 Å². The van der Waals surface area contributed by atoms with Gasteiger partial charge in [-0.2, -0.15) is 30.2 Å². The average Bonchev–Trinajstić information content (AvgIpc) is 2.31. The van der Waals surface area contributed by atoms with E-state index in [0.717, 1.165) is 145 Å². The number of thiophene rings is 3. The first-order chi connectivity index (χ1) is 44.3. The van der Waals surface area contributed by atoms with Crippen molar-refractivity contribution >= 4 is 226 Å². The van der Waals surface area contributed by atoms with Crippen LogP contribution in [0.15, 0.2) is 203 Å². The minimum absolute atomic E-state index is 0.496. The quantitative estimate of drug-likeness (QED) is 0.0550. The summed E-state index contributed by atoms with van der Waals surface area (Å²) in [6.07, 6.45) is 7.21. The molecule has 12 heterocycles. The van der Waals surface area contributed by atoms with Crippen molar-refractivity contribution < 1.29 is 0 Å². The van der Waals surface area contributed by atoms with Crippen molar-refractivity contribution in [1.29, 1.82) is 0 Å². The Morgan fingerprint density at radius 2 is 0.844 bits per heavy atom. The van der Waals surface area contributed by atoms with E-state index in [2.05, 4.69) is 114 Å². The van der Waals surface area contributed by atoms with Gasteiger partial charge in [0, 0.05) is 48.5 Å². The first-order valence-corrected chi connectivity index (χ1v) is 32.0. The monoisotopic (exact) mass is 1310 g/mol. The number of anilines is 12. The number of pyridine rings is 2. The van der Waals surface area contributed by atoms with E-state index in [1.807, 2.05) is 168 Å². The summed E-state index contributed by atoms with van der Waals surface area (Å²) >= 11 is 9.89. The van der Waals surface area contributed by atoms with Crippen molar-refractivity contribution in [3.8, 4) is 0 Å². The number of halogens is 1. The van der Waals surface area contributed by atoms with Gasteiger partial charge in [-0.15, -0.1) is 34.0 Å². The number of benzene rings is 6. The van der Waals surface area contributed by atoms with Crippen LogP contribution in [0.1, 0.15) is 0 Å². The molecule has 0 aliphatic carbocycles. The molecule has 0 unspecified atom stereocenters. The SMILES string of the molecule is Brc1ccc2nc(Nc3nc(Nc4ccc5[nH]ncc5c4)c4sccc4n3)sc2c1.c1ccc2nc(Nc3nc(Nc4ccc5[nH]ncc5c4)c4sccc4n3)ccc2c1.c1ccc2ncc(Nc3nc(Nc4ccc5[nH]ncc5c4)c4sccc4n3)cc2c1. The topological polar surface area (TPSA) is 274 Å². The Morgan fingerprint density at radius 1 is 0.344 bits per heavy atom. The number of thiazole rings is 1. The van der Waals surface area contributed by atoms with E-state index in [1.165, 1.54) is 0 Å². The number of rotatable bonds is 12. The Bertz CT molecular complexity index is 5440. The van der Waals surface area contributed by atoms with Gasteiger partial charge in [-0.1, -0.05) is 63.7 Å². The van der Waals surface area contributed by atoms with Crippen LogP contribution in [-0.2, 0) is 0 Å². The molecule has 434 valence electrons. The molecule has 90 heavy (non-hydrogen) atoms. The molecule has 0 saturated heterocycles. The van der Waals surface area contributed by atoms with Crippen LogP contribution in [0.25, 0.3) is 95.4 Å². The number of H-pyrrole nitrogens is 3. The minimum atomic E-state index is 0.496. The lowest BCUT2D eigenvalue weighted by Crippen LogP contribution is -2.02. The summed E-state index contributed by atoms with van der Waals surface area (Å²) in [6.45, 7) is 0. The molecule has 0 fully saturated rings. The van der Waals surface area contributed by atoms with E-state index in [1.54, 1.807) is 70.1 Å². The molecule has 26 heteroatoms. The number of aromatic nitrogens is 15. The number of nitrogens with one attached hydrogen (secondary N) is 9. The maximum atomic E-state index is 4.74. The molecular formula is C64H42BrN21S4. The Kier molecular flexibility index (Phi) is 14.2. The number of aromatic amines is 3. The Hall–Kier alpha value is -11.2. The van der Waals surface area contributed by atoms with Crippen LogP contribution >= 0.6 is 61.3 Å². The molecule has 12 aromatic heterocycles. The molecule has 0 aliphatic heterocycles. The van der Waals surface area contributed by atoms with E-state index in [-0.39, 0.29) is 0 Å². The molecule has 0 amide bonds. The lowest BCUT2D eigenvalue weighted by molar-refractivity contribution is 1.12. The van der Waals surface area contributed by atoms with Crippen molar-refractivity contribution in [3.63, 3.8) is 0 Å². The second kappa shape index (κ2) is 23.5. The fourth-order valence-electron chi connectivity index (χ4n) is 10.1. The molecule has 0 aliphatic rings. The summed E-state index contributed by atoms with van der Waals surface area (Å²) in [4.78, 5) is 42.0. The van der Waals surface area contributed by atoms with Crippen molar-refractivity contribution in [1.82, 2.24) is 75.4 Å². The van der Waals surface area contributed by atoms with Gasteiger partial charge in [0.05, 0.1) is 98.9 Å². The van der Waals surface area contributed by atoms with Gasteiger partial charge in [-0.25, -0.2) is 24.9 Å². The molecule has 0 radical (unpaired) electrons. The summed E-state index contributed by atoms with van der Waals surface area (Å²) in [5.41, 5.74) is 12.1. The molecule has 9 N–H and O–H groups in total.